The van der Waals surface area contributed by atoms with E-state index in [-0.39, 0.29) is 23.5 Å². The molecule has 7 nitrogen and oxygen atoms in total. The number of hydrogen-bond acceptors (Lipinski definition) is 6. The van der Waals surface area contributed by atoms with Crippen molar-refractivity contribution in [3.8, 4) is 0 Å². The molecule has 1 saturated heterocycles. The second kappa shape index (κ2) is 9.31. The van der Waals surface area contributed by atoms with Crippen molar-refractivity contribution in [2.24, 2.45) is 0 Å². The number of amides is 1. The fourth-order valence-corrected chi connectivity index (χ4v) is 3.48. The number of alkyl halides is 3. The van der Waals surface area contributed by atoms with Gasteiger partial charge in [0.1, 0.15) is 11.6 Å². The lowest BCUT2D eigenvalue weighted by Gasteiger charge is -2.24. The van der Waals surface area contributed by atoms with E-state index in [4.69, 9.17) is 4.74 Å². The van der Waals surface area contributed by atoms with Crippen molar-refractivity contribution in [3.05, 3.63) is 71.8 Å². The average Bonchev–Trinajstić information content (AvgIpc) is 2.80. The smallest absolute Gasteiger partial charge is 0.381 e. The first-order valence-electron chi connectivity index (χ1n) is 9.99. The van der Waals surface area contributed by atoms with Crippen LogP contribution in [0.4, 0.5) is 30.5 Å². The Morgan fingerprint density at radius 1 is 1.00 bits per heavy atom. The molecular weight excluding hydrogens is 423 g/mol. The van der Waals surface area contributed by atoms with Crippen LogP contribution in [0.1, 0.15) is 40.2 Å². The van der Waals surface area contributed by atoms with Crippen LogP contribution in [-0.2, 0) is 10.9 Å². The molecule has 3 aromatic rings. The molecular formula is C22H20F3N5O2. The molecule has 0 atom stereocenters. The summed E-state index contributed by atoms with van der Waals surface area (Å²) in [6.45, 7) is 1.36. The van der Waals surface area contributed by atoms with Gasteiger partial charge >= 0.3 is 6.18 Å². The molecule has 0 saturated carbocycles. The summed E-state index contributed by atoms with van der Waals surface area (Å²) in [6, 6.07) is 7.07. The topological polar surface area (TPSA) is 89.0 Å². The van der Waals surface area contributed by atoms with E-state index in [1.807, 2.05) is 6.07 Å². The maximum absolute atomic E-state index is 12.8. The van der Waals surface area contributed by atoms with E-state index in [1.165, 1.54) is 18.3 Å². The monoisotopic (exact) mass is 443 g/mol. The predicted molar refractivity (Wildman–Crippen MR) is 112 cm³/mol. The van der Waals surface area contributed by atoms with Gasteiger partial charge in [0.15, 0.2) is 0 Å². The Kier molecular flexibility index (Phi) is 6.31. The van der Waals surface area contributed by atoms with Crippen LogP contribution in [-0.4, -0.2) is 34.1 Å². The van der Waals surface area contributed by atoms with E-state index >= 15 is 0 Å². The van der Waals surface area contributed by atoms with E-state index in [0.29, 0.717) is 24.5 Å². The Hall–Kier alpha value is -3.53. The highest BCUT2D eigenvalue weighted by Gasteiger charge is 2.30. The molecule has 4 rings (SSSR count). The number of nitrogens with one attached hydrogen (secondary N) is 2. The highest BCUT2D eigenvalue weighted by Crippen LogP contribution is 2.32. The zero-order valence-corrected chi connectivity index (χ0v) is 16.9. The largest absolute Gasteiger partial charge is 0.417 e. The molecule has 0 unspecified atom stereocenters. The summed E-state index contributed by atoms with van der Waals surface area (Å²) in [5, 5.41) is 5.71. The molecule has 10 heteroatoms. The number of anilines is 3. The summed E-state index contributed by atoms with van der Waals surface area (Å²) >= 11 is 0. The molecule has 4 heterocycles. The fourth-order valence-electron chi connectivity index (χ4n) is 3.48. The zero-order chi connectivity index (χ0) is 22.6. The van der Waals surface area contributed by atoms with Gasteiger partial charge in [-0.15, -0.1) is 0 Å². The maximum Gasteiger partial charge on any atom is 0.417 e. The summed E-state index contributed by atoms with van der Waals surface area (Å²) in [5.41, 5.74) is 1.13. The normalized spacial score (nSPS) is 14.7. The number of carbonyl (C=O) groups is 1. The highest BCUT2D eigenvalue weighted by molar-refractivity contribution is 6.05. The third-order valence-corrected chi connectivity index (χ3v) is 5.13. The molecule has 0 radical (unpaired) electrons. The lowest BCUT2D eigenvalue weighted by molar-refractivity contribution is -0.137. The van der Waals surface area contributed by atoms with E-state index in [9.17, 15) is 18.0 Å². The van der Waals surface area contributed by atoms with Gasteiger partial charge in [-0.2, -0.15) is 13.2 Å². The van der Waals surface area contributed by atoms with Gasteiger partial charge in [-0.25, -0.2) is 9.97 Å². The Morgan fingerprint density at radius 2 is 1.81 bits per heavy atom. The Balaban J connectivity index is 1.47. The lowest BCUT2D eigenvalue weighted by atomic mass is 9.91. The van der Waals surface area contributed by atoms with Crippen molar-refractivity contribution in [2.45, 2.75) is 24.9 Å². The van der Waals surface area contributed by atoms with Crippen molar-refractivity contribution < 1.29 is 22.7 Å². The van der Waals surface area contributed by atoms with E-state index in [2.05, 4.69) is 25.6 Å². The van der Waals surface area contributed by atoms with Crippen LogP contribution in [0.5, 0.6) is 0 Å². The van der Waals surface area contributed by atoms with Crippen molar-refractivity contribution in [1.29, 1.82) is 0 Å². The fraction of sp³-hybridized carbons (Fsp3) is 0.273. The first-order valence-corrected chi connectivity index (χ1v) is 9.99. The SMILES string of the molecule is O=C(Nc1cnccc1C1CCOCC1)c1ccnc(Nc2ccc(C(F)(F)F)cn2)c1. The molecule has 2 N–H and O–H groups in total. The van der Waals surface area contributed by atoms with Gasteiger partial charge in [0.25, 0.3) is 5.91 Å². The summed E-state index contributed by atoms with van der Waals surface area (Å²) < 4.78 is 43.5. The van der Waals surface area contributed by atoms with Crippen molar-refractivity contribution in [3.63, 3.8) is 0 Å². The summed E-state index contributed by atoms with van der Waals surface area (Å²) in [7, 11) is 0. The number of ether oxygens (including phenoxy) is 1. The zero-order valence-electron chi connectivity index (χ0n) is 16.9. The van der Waals surface area contributed by atoms with Gasteiger partial charge in [-0.1, -0.05) is 0 Å². The van der Waals surface area contributed by atoms with Crippen LogP contribution in [0.2, 0.25) is 0 Å². The van der Waals surface area contributed by atoms with E-state index in [1.54, 1.807) is 18.5 Å². The predicted octanol–water partition coefficient (Wildman–Crippen LogP) is 4.78. The molecule has 1 aliphatic rings. The van der Waals surface area contributed by atoms with Crippen LogP contribution >= 0.6 is 0 Å². The van der Waals surface area contributed by atoms with Crippen LogP contribution in [0.15, 0.2) is 55.1 Å². The van der Waals surface area contributed by atoms with Crippen LogP contribution < -0.4 is 10.6 Å². The van der Waals surface area contributed by atoms with E-state index in [0.717, 1.165) is 30.7 Å². The second-order valence-corrected chi connectivity index (χ2v) is 7.29. The molecule has 0 bridgehead atoms. The van der Waals surface area contributed by atoms with Crippen LogP contribution in [0.3, 0.4) is 0 Å². The summed E-state index contributed by atoms with van der Waals surface area (Å²) in [5.74, 6) is 0.387. The average molecular weight is 443 g/mol. The molecule has 0 aromatic carbocycles. The molecule has 166 valence electrons. The maximum atomic E-state index is 12.8. The van der Waals surface area contributed by atoms with Gasteiger partial charge in [-0.3, -0.25) is 9.78 Å². The Bertz CT molecular complexity index is 1080. The first kappa shape index (κ1) is 21.7. The van der Waals surface area contributed by atoms with Crippen molar-refractivity contribution in [2.75, 3.05) is 23.8 Å². The van der Waals surface area contributed by atoms with Crippen molar-refractivity contribution in [1.82, 2.24) is 15.0 Å². The first-order chi connectivity index (χ1) is 15.4. The minimum Gasteiger partial charge on any atom is -0.381 e. The van der Waals surface area contributed by atoms with Gasteiger partial charge < -0.3 is 15.4 Å². The molecule has 0 aliphatic carbocycles. The number of hydrogen-bond donors (Lipinski definition) is 2. The molecule has 32 heavy (non-hydrogen) atoms. The summed E-state index contributed by atoms with van der Waals surface area (Å²) in [6.07, 6.45) is 2.77. The van der Waals surface area contributed by atoms with Gasteiger partial charge in [0.2, 0.25) is 0 Å². The number of carbonyl (C=O) groups excluding carboxylic acids is 1. The Labute approximate surface area is 182 Å². The summed E-state index contributed by atoms with van der Waals surface area (Å²) in [4.78, 5) is 24.8. The third-order valence-electron chi connectivity index (χ3n) is 5.13. The number of pyridine rings is 3. The third kappa shape index (κ3) is 5.20. The minimum atomic E-state index is -4.46. The number of aromatic nitrogens is 3. The van der Waals surface area contributed by atoms with E-state index < -0.39 is 11.7 Å². The second-order valence-electron chi connectivity index (χ2n) is 7.29. The Morgan fingerprint density at radius 3 is 2.53 bits per heavy atom. The quantitative estimate of drug-likeness (QED) is 0.590. The molecule has 3 aromatic heterocycles. The minimum absolute atomic E-state index is 0.178. The van der Waals surface area contributed by atoms with Gasteiger partial charge in [0.05, 0.1) is 17.4 Å². The number of rotatable bonds is 5. The molecule has 1 amide bonds. The van der Waals surface area contributed by atoms with Gasteiger partial charge in [-0.05, 0) is 54.7 Å². The highest BCUT2D eigenvalue weighted by atomic mass is 19.4. The lowest BCUT2D eigenvalue weighted by Crippen LogP contribution is -2.18. The molecule has 0 spiro atoms. The van der Waals surface area contributed by atoms with Crippen LogP contribution in [0, 0.1) is 0 Å². The van der Waals surface area contributed by atoms with Crippen molar-refractivity contribution >= 4 is 23.2 Å². The molecule has 1 aliphatic heterocycles. The number of halogens is 3. The molecule has 1 fully saturated rings. The van der Waals surface area contributed by atoms with Gasteiger partial charge in [0, 0.05) is 37.4 Å². The standard InChI is InChI=1S/C22H20F3N5O2/c23-22(24,25)16-1-2-19(28-12-16)30-20-11-15(3-8-27-20)21(31)29-18-13-26-7-4-17(18)14-5-9-32-10-6-14/h1-4,7-8,11-14H,5-6,9-10H2,(H,29,31)(H,27,28,30). The number of nitrogens with zero attached hydrogens (tertiary/aromatic N) is 3. The van der Waals surface area contributed by atoms with Crippen LogP contribution in [0.25, 0.3) is 0 Å².